The molecule has 1 spiro atoms. The van der Waals surface area contributed by atoms with Gasteiger partial charge in [0.05, 0.1) is 0 Å². The van der Waals surface area contributed by atoms with Crippen molar-refractivity contribution in [3.05, 3.63) is 47.5 Å². The smallest absolute Gasteiger partial charge is 0.245 e. The molecule has 1 N–H and O–H groups in total. The average Bonchev–Trinajstić information content (AvgIpc) is 3.60. The second-order valence-electron chi connectivity index (χ2n) is 9.74. The van der Waals surface area contributed by atoms with Crippen LogP contribution in [0.3, 0.4) is 0 Å². The molecule has 7 nitrogen and oxygen atoms in total. The zero-order valence-electron chi connectivity index (χ0n) is 22.8. The zero-order chi connectivity index (χ0) is 26.3. The van der Waals surface area contributed by atoms with E-state index >= 15 is 0 Å². The predicted octanol–water partition coefficient (Wildman–Crippen LogP) is 5.29. The number of carbonyl (C=O) groups is 1. The van der Waals surface area contributed by atoms with Crippen molar-refractivity contribution in [2.24, 2.45) is 5.92 Å². The maximum absolute atomic E-state index is 13.8. The van der Waals surface area contributed by atoms with Gasteiger partial charge in [0.25, 0.3) is 0 Å². The highest BCUT2D eigenvalue weighted by atomic mass is 16.7. The molecule has 3 heterocycles. The number of para-hydroxylation sites is 1. The summed E-state index contributed by atoms with van der Waals surface area (Å²) in [6.45, 7) is 13.7. The molecule has 2 aromatic rings. The van der Waals surface area contributed by atoms with Crippen LogP contribution in [-0.2, 0) is 14.9 Å². The van der Waals surface area contributed by atoms with Gasteiger partial charge in [0.1, 0.15) is 17.8 Å². The molecule has 1 amide bonds. The monoisotopic (exact) mass is 510 g/mol. The van der Waals surface area contributed by atoms with Crippen LogP contribution in [0, 0.1) is 5.92 Å². The van der Waals surface area contributed by atoms with Crippen LogP contribution in [-0.4, -0.2) is 52.2 Å². The van der Waals surface area contributed by atoms with Crippen LogP contribution in [0.4, 0.5) is 5.69 Å². The van der Waals surface area contributed by atoms with Gasteiger partial charge in [-0.1, -0.05) is 51.8 Å². The Morgan fingerprint density at radius 3 is 2.49 bits per heavy atom. The minimum absolute atomic E-state index is 0.109. The Morgan fingerprint density at radius 2 is 1.76 bits per heavy atom. The van der Waals surface area contributed by atoms with Crippen molar-refractivity contribution in [1.29, 1.82) is 0 Å². The number of nitrogens with zero attached hydrogens (tertiary/aromatic N) is 1. The molecule has 0 radical (unpaired) electrons. The summed E-state index contributed by atoms with van der Waals surface area (Å²) in [7, 11) is 0. The van der Waals surface area contributed by atoms with Gasteiger partial charge in [-0.25, -0.2) is 0 Å². The van der Waals surface area contributed by atoms with Gasteiger partial charge in [-0.05, 0) is 56.5 Å². The largest absolute Gasteiger partial charge is 0.491 e. The molecule has 0 aliphatic carbocycles. The fourth-order valence-electron chi connectivity index (χ4n) is 5.42. The first kappa shape index (κ1) is 27.3. The fraction of sp³-hybridized carbons (Fsp3) is 0.567. The summed E-state index contributed by atoms with van der Waals surface area (Å²) < 4.78 is 22.2. The molecule has 7 heteroatoms. The highest BCUT2D eigenvalue weighted by molar-refractivity contribution is 6.11. The van der Waals surface area contributed by atoms with E-state index in [9.17, 15) is 4.79 Å². The third kappa shape index (κ3) is 5.43. The molecular formula is C30H42N2O5. The lowest BCUT2D eigenvalue weighted by atomic mass is 9.77. The summed E-state index contributed by atoms with van der Waals surface area (Å²) in [6, 6.07) is 11.9. The summed E-state index contributed by atoms with van der Waals surface area (Å²) in [5, 5.41) is 3.23. The topological polar surface area (TPSA) is 69.3 Å². The van der Waals surface area contributed by atoms with Crippen molar-refractivity contribution in [3.8, 4) is 17.2 Å². The van der Waals surface area contributed by atoms with Gasteiger partial charge in [-0.15, -0.1) is 0 Å². The van der Waals surface area contributed by atoms with Crippen molar-refractivity contribution in [2.45, 2.75) is 58.8 Å². The van der Waals surface area contributed by atoms with Crippen LogP contribution in [0.2, 0.25) is 0 Å². The van der Waals surface area contributed by atoms with Crippen molar-refractivity contribution in [1.82, 2.24) is 5.32 Å². The quantitative estimate of drug-likeness (QED) is 0.415. The lowest BCUT2D eigenvalue weighted by Crippen LogP contribution is -2.43. The third-order valence-electron chi connectivity index (χ3n) is 7.66. The molecule has 2 aromatic carbocycles. The number of hydrogen-bond acceptors (Lipinski definition) is 6. The van der Waals surface area contributed by atoms with Gasteiger partial charge in [0.2, 0.25) is 12.7 Å². The Balaban J connectivity index is 0.000000307. The molecule has 0 saturated carbocycles. The number of carbonyl (C=O) groups excluding carboxylic acids is 1. The predicted molar refractivity (Wildman–Crippen MR) is 146 cm³/mol. The van der Waals surface area contributed by atoms with E-state index in [2.05, 4.69) is 38.2 Å². The van der Waals surface area contributed by atoms with Crippen molar-refractivity contribution < 1.29 is 23.7 Å². The molecule has 1 atom stereocenters. The standard InChI is InChI=1S/C23H25NO4.C7H17NO/c1-3-15(4-2)9-10-24-18-8-6-5-7-16(18)23(22(24)25)13-26-19-12-21-20(11-17(19)23)27-14-28-21;1-3-8-6-5-7-9-4-2/h5-8,11-12,15H,3-4,9-10,13-14H2,1-2H3;8H,3-7H2,1-2H3. The van der Waals surface area contributed by atoms with Gasteiger partial charge in [-0.2, -0.15) is 0 Å². The molecule has 3 aliphatic heterocycles. The third-order valence-corrected chi connectivity index (χ3v) is 7.66. The van der Waals surface area contributed by atoms with E-state index in [1.54, 1.807) is 0 Å². The Bertz CT molecular complexity index is 1050. The summed E-state index contributed by atoms with van der Waals surface area (Å²) in [4.78, 5) is 15.8. The number of nitrogens with one attached hydrogen (secondary N) is 1. The summed E-state index contributed by atoms with van der Waals surface area (Å²) in [6.07, 6.45) is 4.42. The maximum atomic E-state index is 13.8. The van der Waals surface area contributed by atoms with E-state index in [0.29, 0.717) is 29.8 Å². The normalized spacial score (nSPS) is 18.6. The number of amides is 1. The summed E-state index contributed by atoms with van der Waals surface area (Å²) >= 11 is 0. The molecule has 3 aliphatic rings. The van der Waals surface area contributed by atoms with E-state index in [-0.39, 0.29) is 12.7 Å². The van der Waals surface area contributed by atoms with Crippen LogP contribution in [0.5, 0.6) is 17.2 Å². The first-order valence-electron chi connectivity index (χ1n) is 13.9. The minimum Gasteiger partial charge on any atom is -0.491 e. The number of ether oxygens (including phenoxy) is 4. The first-order valence-corrected chi connectivity index (χ1v) is 13.9. The van der Waals surface area contributed by atoms with Crippen molar-refractivity contribution in [2.75, 3.05) is 51.1 Å². The molecule has 202 valence electrons. The van der Waals surface area contributed by atoms with E-state index in [0.717, 1.165) is 75.3 Å². The Kier molecular flexibility index (Phi) is 9.33. The molecule has 0 bridgehead atoms. The zero-order valence-corrected chi connectivity index (χ0v) is 22.8. The van der Waals surface area contributed by atoms with Crippen LogP contribution in [0.15, 0.2) is 36.4 Å². The molecule has 1 unspecified atom stereocenters. The molecule has 37 heavy (non-hydrogen) atoms. The number of anilines is 1. The second-order valence-corrected chi connectivity index (χ2v) is 9.74. The van der Waals surface area contributed by atoms with Crippen LogP contribution < -0.4 is 24.4 Å². The summed E-state index contributed by atoms with van der Waals surface area (Å²) in [5.41, 5.74) is 2.13. The van der Waals surface area contributed by atoms with Crippen LogP contribution in [0.25, 0.3) is 0 Å². The number of hydrogen-bond donors (Lipinski definition) is 1. The van der Waals surface area contributed by atoms with Gasteiger partial charge in [-0.3, -0.25) is 4.79 Å². The average molecular weight is 511 g/mol. The minimum atomic E-state index is -0.791. The van der Waals surface area contributed by atoms with Gasteiger partial charge in [0, 0.05) is 37.1 Å². The van der Waals surface area contributed by atoms with E-state index in [1.807, 2.05) is 36.1 Å². The van der Waals surface area contributed by atoms with E-state index < -0.39 is 5.41 Å². The number of fused-ring (bicyclic) bond motifs is 5. The molecule has 5 rings (SSSR count). The number of rotatable bonds is 11. The maximum Gasteiger partial charge on any atom is 0.245 e. The summed E-state index contributed by atoms with van der Waals surface area (Å²) in [5.74, 6) is 2.83. The van der Waals surface area contributed by atoms with Crippen LogP contribution >= 0.6 is 0 Å². The van der Waals surface area contributed by atoms with Crippen molar-refractivity contribution >= 4 is 11.6 Å². The highest BCUT2D eigenvalue weighted by Crippen LogP contribution is 2.55. The van der Waals surface area contributed by atoms with Gasteiger partial charge >= 0.3 is 0 Å². The molecular weight excluding hydrogens is 468 g/mol. The van der Waals surface area contributed by atoms with Crippen molar-refractivity contribution in [3.63, 3.8) is 0 Å². The highest BCUT2D eigenvalue weighted by Gasteiger charge is 2.57. The van der Waals surface area contributed by atoms with E-state index in [1.165, 1.54) is 0 Å². The van der Waals surface area contributed by atoms with Gasteiger partial charge < -0.3 is 29.2 Å². The molecule has 0 fully saturated rings. The SMILES string of the molecule is CCC(CC)CCN1C(=O)C2(COc3cc4c(cc32)OCO4)c2ccccc21.CCNCCCOCC. The fourth-order valence-corrected chi connectivity index (χ4v) is 5.42. The Morgan fingerprint density at radius 1 is 1.00 bits per heavy atom. The first-order chi connectivity index (χ1) is 18.1. The lowest BCUT2D eigenvalue weighted by Gasteiger charge is -2.24. The lowest BCUT2D eigenvalue weighted by molar-refractivity contribution is -0.122. The second kappa shape index (κ2) is 12.7. The number of benzene rings is 2. The van der Waals surface area contributed by atoms with Gasteiger partial charge in [0.15, 0.2) is 11.5 Å². The Labute approximate surface area is 221 Å². The molecule has 0 aromatic heterocycles. The Hall–Kier alpha value is -2.77. The van der Waals surface area contributed by atoms with Crippen LogP contribution in [0.1, 0.15) is 64.5 Å². The van der Waals surface area contributed by atoms with E-state index in [4.69, 9.17) is 18.9 Å². The molecule has 0 saturated heterocycles.